The average Bonchev–Trinajstić information content (AvgIpc) is 2.15. The summed E-state index contributed by atoms with van der Waals surface area (Å²) in [6.07, 6.45) is 1.77. The zero-order valence-electron chi connectivity index (χ0n) is 12.8. The predicted octanol–water partition coefficient (Wildman–Crippen LogP) is -1.34. The number of esters is 1. The fourth-order valence-electron chi connectivity index (χ4n) is 1.37. The molecule has 2 N–H and O–H groups in total. The van der Waals surface area contributed by atoms with Crippen molar-refractivity contribution >= 4 is 11.9 Å². The van der Waals surface area contributed by atoms with Gasteiger partial charge < -0.3 is 16.6 Å². The van der Waals surface area contributed by atoms with Crippen LogP contribution in [-0.4, -0.2) is 29.7 Å². The van der Waals surface area contributed by atoms with Gasteiger partial charge >= 0.3 is 41.5 Å². The second kappa shape index (κ2) is 10.4. The Labute approximate surface area is 132 Å². The van der Waals surface area contributed by atoms with Crippen molar-refractivity contribution in [1.29, 1.82) is 0 Å². The van der Waals surface area contributed by atoms with E-state index in [2.05, 4.69) is 5.32 Å². The van der Waals surface area contributed by atoms with Crippen LogP contribution in [0.5, 0.6) is 0 Å². The van der Waals surface area contributed by atoms with Crippen LogP contribution in [0.2, 0.25) is 0 Å². The molecule has 100 valence electrons. The summed E-state index contributed by atoms with van der Waals surface area (Å²) in [6.45, 7) is 7.56. The predicted molar refractivity (Wildman–Crippen MR) is 65.5 cm³/mol. The topological polar surface area (TPSA) is 75.6 Å². The molecule has 0 radical (unpaired) electrons. The fraction of sp³-hybridized carbons (Fsp3) is 0.667. The van der Waals surface area contributed by atoms with Gasteiger partial charge in [-0.15, -0.1) is 0 Å². The van der Waals surface area contributed by atoms with E-state index in [0.29, 0.717) is 18.7 Å². The average molecular weight is 267 g/mol. The van der Waals surface area contributed by atoms with Gasteiger partial charge in [0.15, 0.2) is 0 Å². The molecule has 0 saturated carbocycles. The van der Waals surface area contributed by atoms with Crippen LogP contribution in [0, 0.1) is 5.92 Å². The molecular weight excluding hydrogens is 245 g/mol. The Morgan fingerprint density at radius 2 is 2.00 bits per heavy atom. The number of allylic oxidation sites excluding steroid dienone is 1. The Morgan fingerprint density at radius 3 is 2.39 bits per heavy atom. The Morgan fingerprint density at radius 1 is 1.44 bits per heavy atom. The van der Waals surface area contributed by atoms with E-state index in [0.717, 1.165) is 0 Å². The van der Waals surface area contributed by atoms with Crippen LogP contribution in [0.4, 0.5) is 0 Å². The molecule has 0 aliphatic heterocycles. The molecule has 6 heteroatoms. The van der Waals surface area contributed by atoms with Crippen LogP contribution in [-0.2, 0) is 14.3 Å². The second-order valence-electron chi connectivity index (χ2n) is 4.24. The molecule has 0 amide bonds. The Bertz CT molecular complexity index is 308. The number of ether oxygens (including phenoxy) is 1. The van der Waals surface area contributed by atoms with E-state index in [-0.39, 0.29) is 36.9 Å². The van der Waals surface area contributed by atoms with Gasteiger partial charge in [0, 0.05) is 11.8 Å². The van der Waals surface area contributed by atoms with E-state index in [1.807, 2.05) is 13.8 Å². The first-order valence-electron chi connectivity index (χ1n) is 5.71. The minimum Gasteiger partial charge on any atom is -1.00 e. The molecule has 18 heavy (non-hydrogen) atoms. The summed E-state index contributed by atoms with van der Waals surface area (Å²) in [5.41, 5.74) is 0.497. The summed E-state index contributed by atoms with van der Waals surface area (Å²) >= 11 is 0. The quantitative estimate of drug-likeness (QED) is 0.339. The van der Waals surface area contributed by atoms with Crippen LogP contribution in [0.3, 0.4) is 0 Å². The third-order valence-corrected chi connectivity index (χ3v) is 2.03. The summed E-state index contributed by atoms with van der Waals surface area (Å²) in [5, 5.41) is 11.8. The van der Waals surface area contributed by atoms with Gasteiger partial charge in [-0.05, 0) is 26.2 Å². The van der Waals surface area contributed by atoms with Gasteiger partial charge in [0.05, 0.1) is 6.61 Å². The van der Waals surface area contributed by atoms with Gasteiger partial charge in [0.2, 0.25) is 0 Å². The minimum atomic E-state index is -0.921. The molecular formula is C12H22NNaO4. The van der Waals surface area contributed by atoms with Crippen LogP contribution < -0.4 is 34.9 Å². The molecule has 0 aliphatic carbocycles. The Kier molecular flexibility index (Phi) is 11.5. The summed E-state index contributed by atoms with van der Waals surface area (Å²) in [7, 11) is 0. The van der Waals surface area contributed by atoms with Crippen LogP contribution in [0.1, 0.15) is 35.5 Å². The molecule has 1 atom stereocenters. The van der Waals surface area contributed by atoms with Gasteiger partial charge in [-0.25, -0.2) is 9.59 Å². The minimum absolute atomic E-state index is 0. The molecule has 5 nitrogen and oxygen atoms in total. The van der Waals surface area contributed by atoms with E-state index in [1.54, 1.807) is 13.8 Å². The number of carboxylic acids is 1. The van der Waals surface area contributed by atoms with Crippen molar-refractivity contribution in [2.45, 2.75) is 40.2 Å². The van der Waals surface area contributed by atoms with Crippen molar-refractivity contribution in [3.63, 3.8) is 0 Å². The number of hydrogen-bond acceptors (Lipinski definition) is 4. The smallest absolute Gasteiger partial charge is 1.00 e. The number of nitrogens with one attached hydrogen (secondary N) is 1. The second-order valence-corrected chi connectivity index (χ2v) is 4.24. The zero-order chi connectivity index (χ0) is 13.4. The maximum absolute atomic E-state index is 11.1. The standard InChI is InChI=1S/C12H21NO4.Na.H/c1-5-17-11(14)7-9(4)13-10(12(15)16)6-8(2)3;;/h7-8,10,13H,5-6H2,1-4H3,(H,15,16);;/q;+1;-1/b9-7+;;/t10-;;/m0../s1. The van der Waals surface area contributed by atoms with Crippen molar-refractivity contribution in [1.82, 2.24) is 5.32 Å². The molecule has 0 aromatic heterocycles. The first-order valence-corrected chi connectivity index (χ1v) is 5.71. The number of carboxylic acid groups (broad SMARTS) is 1. The monoisotopic (exact) mass is 267 g/mol. The fourth-order valence-corrected chi connectivity index (χ4v) is 1.37. The molecule has 0 rings (SSSR count). The molecule has 0 spiro atoms. The summed E-state index contributed by atoms with van der Waals surface area (Å²) in [5.74, 6) is -1.12. The molecule has 0 fully saturated rings. The number of rotatable bonds is 7. The van der Waals surface area contributed by atoms with E-state index >= 15 is 0 Å². The van der Waals surface area contributed by atoms with Crippen molar-refractivity contribution in [3.05, 3.63) is 11.8 Å². The number of carbonyl (C=O) groups excluding carboxylic acids is 1. The molecule has 0 saturated heterocycles. The summed E-state index contributed by atoms with van der Waals surface area (Å²) < 4.78 is 4.73. The first kappa shape index (κ1) is 19.8. The molecule has 0 aromatic carbocycles. The van der Waals surface area contributed by atoms with Crippen LogP contribution in [0.15, 0.2) is 11.8 Å². The molecule has 0 aromatic rings. The molecule has 0 unspecified atom stereocenters. The van der Waals surface area contributed by atoms with Gasteiger partial charge in [-0.1, -0.05) is 13.8 Å². The molecule has 0 aliphatic rings. The van der Waals surface area contributed by atoms with E-state index in [4.69, 9.17) is 9.84 Å². The normalized spacial score (nSPS) is 12.6. The third kappa shape index (κ3) is 9.50. The number of aliphatic carboxylic acids is 1. The van der Waals surface area contributed by atoms with Crippen molar-refractivity contribution in [2.75, 3.05) is 6.61 Å². The number of hydrogen-bond donors (Lipinski definition) is 2. The largest absolute Gasteiger partial charge is 1.00 e. The van der Waals surface area contributed by atoms with Crippen molar-refractivity contribution in [2.24, 2.45) is 5.92 Å². The summed E-state index contributed by atoms with van der Waals surface area (Å²) in [4.78, 5) is 22.1. The SMILES string of the molecule is CCOC(=O)/C=C(\C)N[C@@H](CC(C)C)C(=O)O.[H-].[Na+]. The van der Waals surface area contributed by atoms with Gasteiger partial charge in [-0.3, -0.25) is 0 Å². The van der Waals surface area contributed by atoms with E-state index in [1.165, 1.54) is 6.08 Å². The Hall–Kier alpha value is -0.520. The van der Waals surface area contributed by atoms with Crippen LogP contribution >= 0.6 is 0 Å². The molecule has 0 bridgehead atoms. The Balaban J connectivity index is -0.00000128. The molecule has 0 heterocycles. The summed E-state index contributed by atoms with van der Waals surface area (Å²) in [6, 6.07) is -0.680. The van der Waals surface area contributed by atoms with Gasteiger partial charge in [-0.2, -0.15) is 0 Å². The van der Waals surface area contributed by atoms with Crippen molar-refractivity contribution < 1.29 is 50.4 Å². The zero-order valence-corrected chi connectivity index (χ0v) is 13.8. The van der Waals surface area contributed by atoms with Gasteiger partial charge in [0.1, 0.15) is 6.04 Å². The van der Waals surface area contributed by atoms with E-state index < -0.39 is 18.0 Å². The number of carbonyl (C=O) groups is 2. The first-order chi connectivity index (χ1) is 7.86. The maximum atomic E-state index is 11.1. The van der Waals surface area contributed by atoms with Gasteiger partial charge in [0.25, 0.3) is 0 Å². The third-order valence-electron chi connectivity index (χ3n) is 2.03. The maximum Gasteiger partial charge on any atom is 1.00 e. The van der Waals surface area contributed by atoms with Crippen molar-refractivity contribution in [3.8, 4) is 0 Å². The van der Waals surface area contributed by atoms with Crippen LogP contribution in [0.25, 0.3) is 0 Å². The van der Waals surface area contributed by atoms with E-state index in [9.17, 15) is 9.59 Å².